The van der Waals surface area contributed by atoms with E-state index in [1.165, 1.54) is 46.0 Å². The van der Waals surface area contributed by atoms with Gasteiger partial charge in [0.05, 0.1) is 22.8 Å². The molecule has 0 atom stereocenters. The Kier molecular flexibility index (Phi) is 20.4. The minimum absolute atomic E-state index is 0.00710. The van der Waals surface area contributed by atoms with Gasteiger partial charge in [0.25, 0.3) is 0 Å². The van der Waals surface area contributed by atoms with E-state index >= 15 is 0 Å². The maximum absolute atomic E-state index is 14.7. The number of nitrogens with zero attached hydrogens (tertiary/aromatic N) is 4. The number of fused-ring (bicyclic) bond motifs is 8. The molecule has 18 nitrogen and oxygen atoms in total. The Morgan fingerprint density at radius 3 is 1.43 bits per heavy atom. The van der Waals surface area contributed by atoms with Crippen molar-refractivity contribution >= 4 is 111 Å². The van der Waals surface area contributed by atoms with E-state index in [0.717, 1.165) is 177 Å². The fourth-order valence-corrected chi connectivity index (χ4v) is 18.6. The molecular formula is C98H91ClF2N14O4. The Morgan fingerprint density at radius 1 is 0.412 bits per heavy atom. The third-order valence-electron chi connectivity index (χ3n) is 23.0. The van der Waals surface area contributed by atoms with Crippen LogP contribution in [0.4, 0.5) is 8.78 Å². The Morgan fingerprint density at radius 2 is 0.866 bits per heavy atom. The van der Waals surface area contributed by atoms with Crippen LogP contribution in [0.3, 0.4) is 0 Å². The van der Waals surface area contributed by atoms with Gasteiger partial charge in [0.1, 0.15) is 35.2 Å². The van der Waals surface area contributed by atoms with E-state index in [9.17, 15) is 28.6 Å². The molecule has 0 aliphatic carbocycles. The molecule has 0 radical (unpaired) electrons. The number of aromatic carboxylic acids is 1. The van der Waals surface area contributed by atoms with Crippen molar-refractivity contribution in [3.05, 3.63) is 275 Å². The van der Waals surface area contributed by atoms with Gasteiger partial charge in [0, 0.05) is 217 Å². The van der Waals surface area contributed by atoms with Crippen LogP contribution in [0.25, 0.3) is 177 Å². The summed E-state index contributed by atoms with van der Waals surface area (Å²) in [5, 5.41) is 29.2. The molecule has 20 rings (SSSR count). The van der Waals surface area contributed by atoms with Crippen LogP contribution in [-0.2, 0) is 17.9 Å². The predicted molar refractivity (Wildman–Crippen MR) is 480 cm³/mol. The lowest BCUT2D eigenvalue weighted by Gasteiger charge is -2.15. The number of aryl methyl sites for hydroxylation is 3. The Hall–Kier alpha value is -13.9. The molecule has 14 heterocycles. The van der Waals surface area contributed by atoms with Crippen LogP contribution in [0.2, 0.25) is 5.02 Å². The molecule has 0 amide bonds. The third kappa shape index (κ3) is 13.7. The van der Waals surface area contributed by atoms with E-state index in [4.69, 9.17) is 11.6 Å². The molecule has 21 heteroatoms. The molecule has 0 saturated heterocycles. The summed E-state index contributed by atoms with van der Waals surface area (Å²) in [6.45, 7) is 25.8. The van der Waals surface area contributed by atoms with E-state index in [2.05, 4.69) is 196 Å². The van der Waals surface area contributed by atoms with Crippen molar-refractivity contribution in [1.29, 1.82) is 0 Å². The van der Waals surface area contributed by atoms with Crippen molar-refractivity contribution in [2.45, 2.75) is 120 Å². The molecule has 14 aromatic heterocycles. The molecule has 119 heavy (non-hydrogen) atoms. The number of carbonyl (C=O) groups is 2. The summed E-state index contributed by atoms with van der Waals surface area (Å²) < 4.78 is 32.7. The summed E-state index contributed by atoms with van der Waals surface area (Å²) in [7, 11) is 0. The van der Waals surface area contributed by atoms with E-state index in [1.807, 2.05) is 140 Å². The summed E-state index contributed by atoms with van der Waals surface area (Å²) in [5.74, 6) is -1.65. The van der Waals surface area contributed by atoms with E-state index in [-0.39, 0.29) is 41.6 Å². The van der Waals surface area contributed by atoms with Crippen molar-refractivity contribution in [3.8, 4) is 89.5 Å². The quantitative estimate of drug-likeness (QED) is 0.0447. The van der Waals surface area contributed by atoms with E-state index < -0.39 is 11.9 Å². The smallest absolute Gasteiger partial charge is 0.353 e. The van der Waals surface area contributed by atoms with Crippen LogP contribution in [0.1, 0.15) is 136 Å². The number of aliphatic carboxylic acids is 1. The van der Waals surface area contributed by atoms with E-state index in [1.54, 1.807) is 12.3 Å². The molecule has 20 aromatic rings. The number of benzene rings is 6. The number of hydrogen-bond acceptors (Lipinski definition) is 4. The number of aromatic amines is 10. The van der Waals surface area contributed by atoms with Gasteiger partial charge in [-0.25, -0.2) is 23.5 Å². The monoisotopic (exact) mass is 1600 g/mol. The van der Waals surface area contributed by atoms with Crippen LogP contribution in [-0.4, -0.2) is 91.1 Å². The van der Waals surface area contributed by atoms with Gasteiger partial charge in [-0.1, -0.05) is 97.3 Å². The topological polar surface area (TPSA) is 268 Å². The van der Waals surface area contributed by atoms with Gasteiger partial charge >= 0.3 is 11.9 Å². The van der Waals surface area contributed by atoms with E-state index in [0.29, 0.717) is 29.1 Å². The van der Waals surface area contributed by atoms with Gasteiger partial charge < -0.3 is 69.2 Å². The first kappa shape index (κ1) is 77.7. The minimum atomic E-state index is -0.994. The van der Waals surface area contributed by atoms with Crippen molar-refractivity contribution < 1.29 is 28.6 Å². The molecule has 598 valence electrons. The molecule has 0 bridgehead atoms. The lowest BCUT2D eigenvalue weighted by Crippen LogP contribution is -2.09. The molecule has 0 saturated carbocycles. The molecule has 0 spiro atoms. The number of halogens is 3. The number of aromatic nitrogens is 14. The second-order valence-corrected chi connectivity index (χ2v) is 32.3. The number of pyridine rings is 2. The van der Waals surface area contributed by atoms with Crippen molar-refractivity contribution in [3.63, 3.8) is 0 Å². The highest BCUT2D eigenvalue weighted by molar-refractivity contribution is 6.35. The molecule has 6 aromatic carbocycles. The van der Waals surface area contributed by atoms with Crippen LogP contribution < -0.4 is 0 Å². The summed E-state index contributed by atoms with van der Waals surface area (Å²) in [5.41, 5.74) is 31.4. The van der Waals surface area contributed by atoms with Gasteiger partial charge in [-0.05, 0) is 211 Å². The molecule has 12 N–H and O–H groups in total. The van der Waals surface area contributed by atoms with Crippen LogP contribution in [0.15, 0.2) is 214 Å². The first-order chi connectivity index (χ1) is 57.5. The second kappa shape index (κ2) is 31.3. The van der Waals surface area contributed by atoms with Crippen molar-refractivity contribution in [2.24, 2.45) is 0 Å². The highest BCUT2D eigenvalue weighted by Gasteiger charge is 2.34. The van der Waals surface area contributed by atoms with Gasteiger partial charge in [0.2, 0.25) is 0 Å². The summed E-state index contributed by atoms with van der Waals surface area (Å²) in [4.78, 5) is 66.3. The van der Waals surface area contributed by atoms with Gasteiger partial charge in [-0.3, -0.25) is 4.79 Å². The average molecular weight is 1600 g/mol. The van der Waals surface area contributed by atoms with Gasteiger partial charge in [0.15, 0.2) is 0 Å². The van der Waals surface area contributed by atoms with Crippen molar-refractivity contribution in [2.75, 3.05) is 0 Å². The fourth-order valence-electron chi connectivity index (χ4n) is 18.3. The van der Waals surface area contributed by atoms with Crippen LogP contribution in [0.5, 0.6) is 0 Å². The van der Waals surface area contributed by atoms with Crippen LogP contribution >= 0.6 is 11.6 Å². The molecular weight excluding hydrogens is 1510 g/mol. The number of H-pyrrole nitrogens is 10. The maximum atomic E-state index is 14.7. The standard InChI is InChI=1S/C27H26FN3O2.C25H23N3O2.C23H21ClN4.C23H21FN4/c1-5-31-25(20-12-16(28)13-22-18(20)7-9-30-22)23(14(2)3)24(26(31)27(32)33)19-10-15(4)11-21-17(19)6-8-29-21;1-15(2)24-20(16-5-3-7-21-17(16)9-11-26-21)13-28(14-23(29)30)25(24)19-6-4-8-22-18(19)10-12-27-22;1-12(2)19-20(21-16-8-9-25-18(16)5-4-17(21)24)13(3)28-22(19)14-6-10-26-23-15(14)7-11-27-23;1-12(2)20-21(16-5-8-26-23-17(16)6-9-27-23)13(3)28-22(20)18-10-14(24)11-19-15(18)4-7-25-19/h6-14,29-30H,5H2,1-4H3,(H,32,33);3-13,15,26-27H,14H2,1-2H3,(H,29,30);2*4-12,25,28H,1-3H3,(H,26,27). The van der Waals surface area contributed by atoms with Gasteiger partial charge in [-0.15, -0.1) is 0 Å². The second-order valence-electron chi connectivity index (χ2n) is 31.9. The number of hydrogen-bond donors (Lipinski definition) is 12. The average Bonchev–Trinajstić information content (AvgIpc) is 2.25. The summed E-state index contributed by atoms with van der Waals surface area (Å²) in [6, 6.07) is 47.0. The Bertz CT molecular complexity index is 7280. The Labute approximate surface area is 689 Å². The zero-order chi connectivity index (χ0) is 83.1. The SMILES string of the molecule is CC(C)c1c(-c2cccc3[nH]ccc23)cn(CC(=O)O)c1-c1cccc2[nH]ccc12.CCn1c(C(=O)O)c(-c2cc(C)cc3[nH]ccc23)c(C(C)C)c1-c1cc(F)cc2[nH]ccc12.Cc1[nH]c(-c2cc(F)cc3[nH]ccc23)c(C(C)C)c1-c1ccnc2[nH]ccc12.Cc1[nH]c(-c2ccnc3[nH]ccc23)c(C(C)C)c1-c1c(Cl)ccc2[nH]ccc12. The molecule has 0 unspecified atom stereocenters. The highest BCUT2D eigenvalue weighted by Crippen LogP contribution is 2.51. The van der Waals surface area contributed by atoms with Crippen LogP contribution in [0, 0.1) is 32.4 Å². The first-order valence-electron chi connectivity index (χ1n) is 40.2. The number of carboxylic acid groups (broad SMARTS) is 2. The molecule has 0 aliphatic heterocycles. The first-order valence-corrected chi connectivity index (χ1v) is 40.6. The molecule has 0 fully saturated rings. The minimum Gasteiger partial charge on any atom is -0.480 e. The zero-order valence-electron chi connectivity index (χ0n) is 68.1. The lowest BCUT2D eigenvalue weighted by atomic mass is 9.88. The van der Waals surface area contributed by atoms with Crippen molar-refractivity contribution in [1.82, 2.24) is 68.9 Å². The fraction of sp³-hybridized carbons (Fsp3) is 0.184. The lowest BCUT2D eigenvalue weighted by molar-refractivity contribution is -0.137. The largest absolute Gasteiger partial charge is 0.480 e. The van der Waals surface area contributed by atoms with Gasteiger partial charge in [-0.2, -0.15) is 0 Å². The highest BCUT2D eigenvalue weighted by atomic mass is 35.5. The summed E-state index contributed by atoms with van der Waals surface area (Å²) >= 11 is 6.73. The normalized spacial score (nSPS) is 11.8. The number of nitrogens with one attached hydrogen (secondary N) is 10. The number of carboxylic acids is 2. The number of rotatable bonds is 16. The Balaban J connectivity index is 0.000000114. The summed E-state index contributed by atoms with van der Waals surface area (Å²) in [6.07, 6.45) is 20.9. The zero-order valence-corrected chi connectivity index (χ0v) is 68.8. The molecule has 0 aliphatic rings. The predicted octanol–water partition coefficient (Wildman–Crippen LogP) is 26.1. The maximum Gasteiger partial charge on any atom is 0.353 e. The third-order valence-corrected chi connectivity index (χ3v) is 23.3.